The predicted octanol–water partition coefficient (Wildman–Crippen LogP) is 5.02. The number of hydrogen-bond acceptors (Lipinski definition) is 6. The van der Waals surface area contributed by atoms with E-state index in [-0.39, 0.29) is 22.5 Å². The fraction of sp³-hybridized carbons (Fsp3) is 0.136. The van der Waals surface area contributed by atoms with Gasteiger partial charge in [0.2, 0.25) is 11.6 Å². The van der Waals surface area contributed by atoms with Gasteiger partial charge in [-0.2, -0.15) is 18.4 Å². The lowest BCUT2D eigenvalue weighted by molar-refractivity contribution is -0.146. The number of carboxylic acids is 1. The number of H-pyrrole nitrogens is 1. The first-order valence-electron chi connectivity index (χ1n) is 9.96. The molecule has 0 radical (unpaired) electrons. The minimum Gasteiger partial charge on any atom is -0.477 e. The summed E-state index contributed by atoms with van der Waals surface area (Å²) >= 11 is 0.917. The number of nitrogens with one attached hydrogen (secondary N) is 1. The Morgan fingerprint density at radius 1 is 1.12 bits per heavy atom. The smallest absolute Gasteiger partial charge is 0.449 e. The Bertz CT molecular complexity index is 1500. The number of thiophene rings is 1. The summed E-state index contributed by atoms with van der Waals surface area (Å²) in [5, 5.41) is 23.6. The van der Waals surface area contributed by atoms with E-state index in [9.17, 15) is 23.1 Å². The summed E-state index contributed by atoms with van der Waals surface area (Å²) in [5.74, 6) is -1.99. The van der Waals surface area contributed by atoms with Gasteiger partial charge >= 0.3 is 12.1 Å². The molecular formula is C22H15F3N6O2S. The molecular weight excluding hydrogens is 469 g/mol. The van der Waals surface area contributed by atoms with Crippen molar-refractivity contribution in [3.63, 3.8) is 0 Å². The van der Waals surface area contributed by atoms with E-state index in [1.807, 2.05) is 24.3 Å². The fourth-order valence-corrected chi connectivity index (χ4v) is 4.81. The molecule has 5 rings (SSSR count). The first-order chi connectivity index (χ1) is 16.2. The number of aromatic carboxylic acids is 1. The first-order valence-corrected chi connectivity index (χ1v) is 10.8. The van der Waals surface area contributed by atoms with Gasteiger partial charge in [0.05, 0.1) is 5.52 Å². The zero-order valence-electron chi connectivity index (χ0n) is 17.5. The average molecular weight is 484 g/mol. The number of nitrogens with zero attached hydrogens (tertiary/aromatic N) is 5. The van der Waals surface area contributed by atoms with Crippen molar-refractivity contribution >= 4 is 28.3 Å². The van der Waals surface area contributed by atoms with Crippen LogP contribution in [-0.4, -0.2) is 41.3 Å². The topological polar surface area (TPSA) is 110 Å². The minimum absolute atomic E-state index is 0.0196. The van der Waals surface area contributed by atoms with Gasteiger partial charge in [-0.1, -0.05) is 48.5 Å². The molecule has 3 aromatic heterocycles. The normalized spacial score (nSPS) is 11.9. The van der Waals surface area contributed by atoms with E-state index >= 15 is 0 Å². The lowest BCUT2D eigenvalue weighted by Crippen LogP contribution is -2.16. The number of aromatic nitrogens is 6. The molecule has 0 atom stereocenters. The molecule has 0 fully saturated rings. The lowest BCUT2D eigenvalue weighted by Gasteiger charge is -2.13. The second-order valence-electron chi connectivity index (χ2n) is 7.49. The van der Waals surface area contributed by atoms with E-state index in [4.69, 9.17) is 0 Å². The molecule has 2 N–H and O–H groups in total. The number of aromatic amines is 1. The molecule has 0 spiro atoms. The maximum Gasteiger partial charge on any atom is 0.449 e. The van der Waals surface area contributed by atoms with Gasteiger partial charge < -0.3 is 9.67 Å². The Kier molecular flexibility index (Phi) is 5.16. The van der Waals surface area contributed by atoms with Gasteiger partial charge in [0, 0.05) is 17.0 Å². The Hall–Kier alpha value is -4.06. The van der Waals surface area contributed by atoms with Gasteiger partial charge in [0.25, 0.3) is 0 Å². The number of alkyl halides is 3. The van der Waals surface area contributed by atoms with Gasteiger partial charge in [-0.15, -0.1) is 21.5 Å². The monoisotopic (exact) mass is 484 g/mol. The maximum absolute atomic E-state index is 13.7. The van der Waals surface area contributed by atoms with E-state index in [0.29, 0.717) is 16.3 Å². The summed E-state index contributed by atoms with van der Waals surface area (Å²) in [7, 11) is 0. The van der Waals surface area contributed by atoms with Gasteiger partial charge in [-0.3, -0.25) is 0 Å². The van der Waals surface area contributed by atoms with Crippen molar-refractivity contribution in [2.24, 2.45) is 0 Å². The van der Waals surface area contributed by atoms with Crippen molar-refractivity contribution < 1.29 is 23.1 Å². The summed E-state index contributed by atoms with van der Waals surface area (Å²) in [6.07, 6.45) is -4.73. The number of rotatable bonds is 5. The molecule has 0 saturated heterocycles. The van der Waals surface area contributed by atoms with Crippen molar-refractivity contribution in [1.82, 2.24) is 30.2 Å². The largest absolute Gasteiger partial charge is 0.477 e. The molecule has 5 aromatic rings. The quantitative estimate of drug-likeness (QED) is 0.363. The number of carboxylic acid groups (broad SMARTS) is 1. The number of benzene rings is 2. The second kappa shape index (κ2) is 8.06. The van der Waals surface area contributed by atoms with Crippen LogP contribution in [0, 0.1) is 6.92 Å². The fourth-order valence-electron chi connectivity index (χ4n) is 3.87. The van der Waals surface area contributed by atoms with Gasteiger partial charge in [-0.05, 0) is 28.8 Å². The molecule has 2 aromatic carbocycles. The minimum atomic E-state index is -4.73. The Balaban J connectivity index is 1.56. The number of imidazole rings is 1. The van der Waals surface area contributed by atoms with Crippen LogP contribution in [0.5, 0.6) is 0 Å². The number of carbonyl (C=O) groups is 1. The van der Waals surface area contributed by atoms with Crippen molar-refractivity contribution in [2.45, 2.75) is 19.6 Å². The van der Waals surface area contributed by atoms with E-state index < -0.39 is 18.0 Å². The molecule has 3 heterocycles. The number of fused-ring (bicyclic) bond motifs is 1. The van der Waals surface area contributed by atoms with Crippen molar-refractivity contribution in [1.29, 1.82) is 0 Å². The number of tetrazole rings is 1. The van der Waals surface area contributed by atoms with Gasteiger partial charge in [0.15, 0.2) is 0 Å². The van der Waals surface area contributed by atoms with Crippen LogP contribution < -0.4 is 0 Å². The Morgan fingerprint density at radius 2 is 1.82 bits per heavy atom. The van der Waals surface area contributed by atoms with Gasteiger partial charge in [-0.25, -0.2) is 9.78 Å². The average Bonchev–Trinajstić information content (AvgIpc) is 3.52. The summed E-state index contributed by atoms with van der Waals surface area (Å²) in [4.78, 5) is 15.7. The summed E-state index contributed by atoms with van der Waals surface area (Å²) < 4.78 is 42.2. The van der Waals surface area contributed by atoms with Crippen molar-refractivity contribution in [3.05, 3.63) is 69.7 Å². The molecule has 0 amide bonds. The van der Waals surface area contributed by atoms with E-state index in [2.05, 4.69) is 25.6 Å². The highest BCUT2D eigenvalue weighted by molar-refractivity contribution is 7.15. The molecule has 0 bridgehead atoms. The predicted molar refractivity (Wildman–Crippen MR) is 118 cm³/mol. The summed E-state index contributed by atoms with van der Waals surface area (Å²) in [6, 6.07) is 14.4. The lowest BCUT2D eigenvalue weighted by atomic mass is 9.98. The zero-order chi connectivity index (χ0) is 24.0. The molecule has 172 valence electrons. The summed E-state index contributed by atoms with van der Waals surface area (Å²) in [6.45, 7) is 1.38. The van der Waals surface area contributed by atoms with Crippen molar-refractivity contribution in [3.8, 4) is 22.5 Å². The highest BCUT2D eigenvalue weighted by Crippen LogP contribution is 2.38. The Morgan fingerprint density at radius 3 is 2.44 bits per heavy atom. The van der Waals surface area contributed by atoms with E-state index in [1.54, 1.807) is 31.2 Å². The highest BCUT2D eigenvalue weighted by Gasteiger charge is 2.39. The Labute approximate surface area is 193 Å². The first kappa shape index (κ1) is 21.8. The molecule has 0 aliphatic heterocycles. The van der Waals surface area contributed by atoms with Crippen LogP contribution >= 0.6 is 11.3 Å². The number of hydrogen-bond donors (Lipinski definition) is 2. The zero-order valence-corrected chi connectivity index (χ0v) is 18.3. The number of halogens is 3. The van der Waals surface area contributed by atoms with Gasteiger partial charge in [0.1, 0.15) is 10.4 Å². The molecule has 8 nitrogen and oxygen atoms in total. The third kappa shape index (κ3) is 3.71. The van der Waals surface area contributed by atoms with Crippen LogP contribution in [0.1, 0.15) is 25.9 Å². The van der Waals surface area contributed by atoms with Crippen molar-refractivity contribution in [2.75, 3.05) is 0 Å². The van der Waals surface area contributed by atoms with E-state index in [1.165, 1.54) is 0 Å². The van der Waals surface area contributed by atoms with Crippen LogP contribution in [0.3, 0.4) is 0 Å². The SMILES string of the molecule is Cc1sc(C(=O)O)c2c1nc(C(F)(F)F)n2Cc1ccc(-c2ccccc2-c2nn[nH]n2)cc1. The van der Waals surface area contributed by atoms with Crippen LogP contribution in [0.25, 0.3) is 33.5 Å². The molecule has 34 heavy (non-hydrogen) atoms. The van der Waals surface area contributed by atoms with E-state index in [0.717, 1.165) is 32.6 Å². The van der Waals surface area contributed by atoms with Crippen LogP contribution in [0.4, 0.5) is 13.2 Å². The second-order valence-corrected chi connectivity index (χ2v) is 8.71. The molecule has 0 aliphatic carbocycles. The molecule has 0 saturated carbocycles. The highest BCUT2D eigenvalue weighted by atomic mass is 32.1. The standard InChI is InChI=1S/C22H15F3N6O2S/c1-11-16-17(18(34-11)20(32)33)31(21(26-16)22(23,24)25)10-12-6-8-13(9-7-12)14-4-2-3-5-15(14)19-27-29-30-28-19/h2-9H,10H2,1H3,(H,32,33)(H,27,28,29,30). The summed E-state index contributed by atoms with van der Waals surface area (Å²) in [5.41, 5.74) is 2.99. The third-order valence-electron chi connectivity index (χ3n) is 5.34. The number of aryl methyl sites for hydroxylation is 1. The van der Waals surface area contributed by atoms with Crippen LogP contribution in [0.2, 0.25) is 0 Å². The molecule has 0 aliphatic rings. The molecule has 12 heteroatoms. The molecule has 0 unspecified atom stereocenters. The third-order valence-corrected chi connectivity index (χ3v) is 6.41. The van der Waals surface area contributed by atoms with Crippen LogP contribution in [0.15, 0.2) is 48.5 Å². The maximum atomic E-state index is 13.7. The van der Waals surface area contributed by atoms with Crippen LogP contribution in [-0.2, 0) is 12.7 Å².